The third kappa shape index (κ3) is 4.26. The lowest BCUT2D eigenvalue weighted by Crippen LogP contribution is -2.51. The second kappa shape index (κ2) is 5.45. The van der Waals surface area contributed by atoms with E-state index in [1.807, 2.05) is 0 Å². The second-order valence-electron chi connectivity index (χ2n) is 3.75. The van der Waals surface area contributed by atoms with Gasteiger partial charge in [0.15, 0.2) is 0 Å². The van der Waals surface area contributed by atoms with Crippen LogP contribution in [0.5, 0.6) is 0 Å². The Morgan fingerprint density at radius 2 is 1.94 bits per heavy atom. The summed E-state index contributed by atoms with van der Waals surface area (Å²) in [4.78, 5) is 32.9. The SMILES string of the molecule is COC(C)(C)C(=O)N[C@@H](CC(N)=O)C(=O)O. The number of methoxy groups -OCH3 is 1. The largest absolute Gasteiger partial charge is 0.480 e. The Morgan fingerprint density at radius 3 is 2.25 bits per heavy atom. The number of hydrogen-bond acceptors (Lipinski definition) is 4. The van der Waals surface area contributed by atoms with Crippen molar-refractivity contribution in [3.63, 3.8) is 0 Å². The maximum absolute atomic E-state index is 11.5. The number of ether oxygens (including phenoxy) is 1. The number of primary amides is 1. The molecule has 0 bridgehead atoms. The first-order chi connectivity index (χ1) is 7.20. The summed E-state index contributed by atoms with van der Waals surface area (Å²) in [7, 11) is 1.32. The topological polar surface area (TPSA) is 119 Å². The van der Waals surface area contributed by atoms with E-state index >= 15 is 0 Å². The van der Waals surface area contributed by atoms with Crippen LogP contribution in [0.4, 0.5) is 0 Å². The molecule has 4 N–H and O–H groups in total. The fraction of sp³-hybridized carbons (Fsp3) is 0.667. The minimum atomic E-state index is -1.33. The second-order valence-corrected chi connectivity index (χ2v) is 3.75. The Morgan fingerprint density at radius 1 is 1.44 bits per heavy atom. The summed E-state index contributed by atoms with van der Waals surface area (Å²) >= 11 is 0. The van der Waals surface area contributed by atoms with Crippen LogP contribution in [0.25, 0.3) is 0 Å². The molecular weight excluding hydrogens is 216 g/mol. The minimum Gasteiger partial charge on any atom is -0.480 e. The van der Waals surface area contributed by atoms with E-state index in [1.54, 1.807) is 0 Å². The van der Waals surface area contributed by atoms with Crippen LogP contribution < -0.4 is 11.1 Å². The zero-order chi connectivity index (χ0) is 12.9. The highest BCUT2D eigenvalue weighted by molar-refractivity contribution is 5.91. The van der Waals surface area contributed by atoms with Crippen LogP contribution >= 0.6 is 0 Å². The third-order valence-electron chi connectivity index (χ3n) is 2.07. The smallest absolute Gasteiger partial charge is 0.326 e. The minimum absolute atomic E-state index is 0.457. The molecule has 1 atom stereocenters. The summed E-state index contributed by atoms with van der Waals surface area (Å²) in [6.07, 6.45) is -0.457. The molecule has 0 aliphatic heterocycles. The molecule has 0 aromatic heterocycles. The molecule has 0 aromatic rings. The van der Waals surface area contributed by atoms with Gasteiger partial charge in [0.1, 0.15) is 11.6 Å². The molecular formula is C9H16N2O5. The highest BCUT2D eigenvalue weighted by Gasteiger charge is 2.31. The number of carbonyl (C=O) groups excluding carboxylic acids is 2. The van der Waals surface area contributed by atoms with Gasteiger partial charge in [0.25, 0.3) is 5.91 Å². The van der Waals surface area contributed by atoms with E-state index in [9.17, 15) is 14.4 Å². The zero-order valence-corrected chi connectivity index (χ0v) is 9.44. The van der Waals surface area contributed by atoms with Gasteiger partial charge in [-0.15, -0.1) is 0 Å². The van der Waals surface area contributed by atoms with Gasteiger partial charge in [0.2, 0.25) is 5.91 Å². The van der Waals surface area contributed by atoms with Crippen molar-refractivity contribution in [3.05, 3.63) is 0 Å². The van der Waals surface area contributed by atoms with Crippen molar-refractivity contribution in [2.75, 3.05) is 7.11 Å². The molecule has 7 heteroatoms. The van der Waals surface area contributed by atoms with Crippen LogP contribution in [0.2, 0.25) is 0 Å². The lowest BCUT2D eigenvalue weighted by atomic mass is 10.1. The molecule has 7 nitrogen and oxygen atoms in total. The summed E-state index contributed by atoms with van der Waals surface area (Å²) in [6, 6.07) is -1.33. The summed E-state index contributed by atoms with van der Waals surface area (Å²) in [6.45, 7) is 2.96. The highest BCUT2D eigenvalue weighted by Crippen LogP contribution is 2.08. The van der Waals surface area contributed by atoms with Crippen LogP contribution in [-0.4, -0.2) is 41.6 Å². The van der Waals surface area contributed by atoms with Crippen LogP contribution in [0.1, 0.15) is 20.3 Å². The normalized spacial score (nSPS) is 12.9. The Bertz CT molecular complexity index is 300. The van der Waals surface area contributed by atoms with E-state index < -0.39 is 35.8 Å². The molecule has 0 rings (SSSR count). The molecule has 16 heavy (non-hydrogen) atoms. The molecule has 0 saturated carbocycles. The zero-order valence-electron chi connectivity index (χ0n) is 9.44. The van der Waals surface area contributed by atoms with Gasteiger partial charge >= 0.3 is 5.97 Å². The van der Waals surface area contributed by atoms with Crippen molar-refractivity contribution in [2.45, 2.75) is 31.9 Å². The first-order valence-electron chi connectivity index (χ1n) is 4.58. The molecule has 0 saturated heterocycles. The average Bonchev–Trinajstić information content (AvgIpc) is 2.15. The van der Waals surface area contributed by atoms with E-state index in [-0.39, 0.29) is 0 Å². The van der Waals surface area contributed by atoms with Crippen molar-refractivity contribution in [2.24, 2.45) is 5.73 Å². The first-order valence-corrected chi connectivity index (χ1v) is 4.58. The Hall–Kier alpha value is -1.63. The number of aliphatic carboxylic acids is 1. The van der Waals surface area contributed by atoms with Crippen LogP contribution in [0.15, 0.2) is 0 Å². The third-order valence-corrected chi connectivity index (χ3v) is 2.07. The van der Waals surface area contributed by atoms with Gasteiger partial charge in [-0.25, -0.2) is 4.79 Å². The molecule has 0 aromatic carbocycles. The lowest BCUT2D eigenvalue weighted by molar-refractivity contribution is -0.148. The number of carbonyl (C=O) groups is 3. The lowest BCUT2D eigenvalue weighted by Gasteiger charge is -2.24. The number of rotatable bonds is 6. The fourth-order valence-electron chi connectivity index (χ4n) is 0.826. The molecule has 0 aliphatic carbocycles. The van der Waals surface area contributed by atoms with Gasteiger partial charge in [-0.2, -0.15) is 0 Å². The molecule has 0 radical (unpaired) electrons. The van der Waals surface area contributed by atoms with E-state index in [4.69, 9.17) is 15.6 Å². The summed E-state index contributed by atoms with van der Waals surface area (Å²) < 4.78 is 4.86. The van der Waals surface area contributed by atoms with E-state index in [1.165, 1.54) is 21.0 Å². The van der Waals surface area contributed by atoms with E-state index in [0.717, 1.165) is 0 Å². The van der Waals surface area contributed by atoms with Gasteiger partial charge in [-0.3, -0.25) is 9.59 Å². The maximum atomic E-state index is 11.5. The monoisotopic (exact) mass is 232 g/mol. The van der Waals surface area contributed by atoms with Gasteiger partial charge < -0.3 is 20.9 Å². The van der Waals surface area contributed by atoms with Crippen molar-refractivity contribution < 1.29 is 24.2 Å². The van der Waals surface area contributed by atoms with Crippen LogP contribution in [-0.2, 0) is 19.1 Å². The van der Waals surface area contributed by atoms with Gasteiger partial charge in [0, 0.05) is 7.11 Å². The molecule has 0 unspecified atom stereocenters. The molecule has 0 heterocycles. The molecule has 0 aliphatic rings. The Labute approximate surface area is 92.9 Å². The predicted molar refractivity (Wildman–Crippen MR) is 54.5 cm³/mol. The van der Waals surface area contributed by atoms with Crippen molar-refractivity contribution >= 4 is 17.8 Å². The highest BCUT2D eigenvalue weighted by atomic mass is 16.5. The van der Waals surface area contributed by atoms with Crippen molar-refractivity contribution in [3.8, 4) is 0 Å². The summed E-state index contributed by atoms with van der Waals surface area (Å²) in [5.74, 6) is -2.74. The van der Waals surface area contributed by atoms with Gasteiger partial charge in [-0.1, -0.05) is 0 Å². The molecule has 92 valence electrons. The molecule has 2 amide bonds. The Kier molecular flexibility index (Phi) is 4.90. The fourth-order valence-corrected chi connectivity index (χ4v) is 0.826. The maximum Gasteiger partial charge on any atom is 0.326 e. The number of nitrogens with two attached hydrogens (primary N) is 1. The number of hydrogen-bond donors (Lipinski definition) is 3. The standard InChI is InChI=1S/C9H16N2O5/c1-9(2,16-3)8(15)11-5(7(13)14)4-6(10)12/h5H,4H2,1-3H3,(H2,10,12)(H,11,15)(H,13,14)/t5-/m0/s1. The van der Waals surface area contributed by atoms with Gasteiger partial charge in [-0.05, 0) is 13.8 Å². The van der Waals surface area contributed by atoms with Crippen molar-refractivity contribution in [1.82, 2.24) is 5.32 Å². The van der Waals surface area contributed by atoms with Crippen molar-refractivity contribution in [1.29, 1.82) is 0 Å². The summed E-state index contributed by atoms with van der Waals surface area (Å²) in [5, 5.41) is 10.9. The van der Waals surface area contributed by atoms with Gasteiger partial charge in [0.05, 0.1) is 6.42 Å². The first kappa shape index (κ1) is 14.4. The van der Waals surface area contributed by atoms with E-state index in [2.05, 4.69) is 5.32 Å². The molecule has 0 spiro atoms. The quantitative estimate of drug-likeness (QED) is 0.534. The molecule has 0 fully saturated rings. The Balaban J connectivity index is 4.58. The number of carboxylic acid groups (broad SMARTS) is 1. The number of amides is 2. The van der Waals surface area contributed by atoms with Crippen LogP contribution in [0, 0.1) is 0 Å². The predicted octanol–water partition coefficient (Wildman–Crippen LogP) is -1.14. The number of carboxylic acids is 1. The summed E-state index contributed by atoms with van der Waals surface area (Å²) in [5.41, 5.74) is 3.70. The van der Waals surface area contributed by atoms with E-state index in [0.29, 0.717) is 0 Å². The average molecular weight is 232 g/mol. The number of nitrogens with one attached hydrogen (secondary N) is 1. The van der Waals surface area contributed by atoms with Crippen LogP contribution in [0.3, 0.4) is 0 Å².